The number of nitrogens with one attached hydrogen (secondary N) is 1. The molecule has 1 saturated carbocycles. The van der Waals surface area contributed by atoms with Gasteiger partial charge in [-0.25, -0.2) is 4.98 Å². The monoisotopic (exact) mass is 457 g/mol. The summed E-state index contributed by atoms with van der Waals surface area (Å²) in [4.78, 5) is 30.4. The zero-order valence-corrected chi connectivity index (χ0v) is 19.0. The van der Waals surface area contributed by atoms with Gasteiger partial charge in [0.05, 0.1) is 35.6 Å². The second kappa shape index (κ2) is 9.23. The van der Waals surface area contributed by atoms with Crippen molar-refractivity contribution in [2.75, 3.05) is 0 Å². The second-order valence-electron chi connectivity index (χ2n) is 8.93. The van der Waals surface area contributed by atoms with Gasteiger partial charge >= 0.3 is 0 Å². The number of aryl methyl sites for hydroxylation is 1. The van der Waals surface area contributed by atoms with Crippen LogP contribution < -0.4 is 10.9 Å². The molecular formula is C26H27N5O3. The van der Waals surface area contributed by atoms with Crippen molar-refractivity contribution in [3.63, 3.8) is 0 Å². The quantitative estimate of drug-likeness (QED) is 0.480. The Hall–Kier alpha value is -3.78. The first-order valence-electron chi connectivity index (χ1n) is 11.5. The standard InChI is InChI=1S/C26H27N5O3/c1-30-24(11-12-28-30)18-5-10-22-23(14-18)27-16-31(26(22)34)15-17-3-2-4-19(13-17)25(33)29-20-6-8-21(32)9-7-20/h2-5,10-14,16,20-21,32H,6-9,15H2,1H3,(H,29,33)/t20-,21+. The van der Waals surface area contributed by atoms with Gasteiger partial charge in [-0.05, 0) is 61.6 Å². The van der Waals surface area contributed by atoms with Crippen LogP contribution in [-0.4, -0.2) is 42.5 Å². The molecule has 0 bridgehead atoms. The van der Waals surface area contributed by atoms with Crippen molar-refractivity contribution >= 4 is 16.8 Å². The third-order valence-electron chi connectivity index (χ3n) is 6.52. The maximum absolute atomic E-state index is 13.1. The molecule has 2 aromatic carbocycles. The van der Waals surface area contributed by atoms with Gasteiger partial charge in [-0.1, -0.05) is 18.2 Å². The zero-order valence-electron chi connectivity index (χ0n) is 19.0. The Morgan fingerprint density at radius 1 is 1.12 bits per heavy atom. The van der Waals surface area contributed by atoms with E-state index in [1.54, 1.807) is 33.9 Å². The van der Waals surface area contributed by atoms with Gasteiger partial charge in [-0.2, -0.15) is 5.10 Å². The molecule has 0 spiro atoms. The molecule has 0 aliphatic heterocycles. The van der Waals surface area contributed by atoms with Crippen molar-refractivity contribution in [2.45, 2.75) is 44.4 Å². The Morgan fingerprint density at radius 3 is 2.71 bits per heavy atom. The SMILES string of the molecule is Cn1nccc1-c1ccc2c(=O)n(Cc3cccc(C(=O)N[C@H]4CC[C@@H](O)CC4)c3)cnc2c1. The maximum atomic E-state index is 13.1. The highest BCUT2D eigenvalue weighted by molar-refractivity contribution is 5.94. The van der Waals surface area contributed by atoms with Crippen LogP contribution in [0.3, 0.4) is 0 Å². The van der Waals surface area contributed by atoms with Gasteiger partial charge in [-0.3, -0.25) is 18.8 Å². The first kappa shape index (κ1) is 22.0. The molecular weight excluding hydrogens is 430 g/mol. The molecule has 0 radical (unpaired) electrons. The summed E-state index contributed by atoms with van der Waals surface area (Å²) in [7, 11) is 1.87. The Bertz CT molecular complexity index is 1400. The molecule has 34 heavy (non-hydrogen) atoms. The van der Waals surface area contributed by atoms with Crippen LogP contribution in [0.1, 0.15) is 41.6 Å². The van der Waals surface area contributed by atoms with E-state index in [-0.39, 0.29) is 23.6 Å². The molecule has 1 aliphatic rings. The van der Waals surface area contributed by atoms with Crippen LogP contribution in [0.5, 0.6) is 0 Å². The van der Waals surface area contributed by atoms with Crippen molar-refractivity contribution in [1.82, 2.24) is 24.6 Å². The van der Waals surface area contributed by atoms with E-state index in [1.807, 2.05) is 43.4 Å². The second-order valence-corrected chi connectivity index (χ2v) is 8.93. The Morgan fingerprint density at radius 2 is 1.94 bits per heavy atom. The van der Waals surface area contributed by atoms with Crippen LogP contribution in [0.15, 0.2) is 65.8 Å². The summed E-state index contributed by atoms with van der Waals surface area (Å²) in [6, 6.07) is 14.9. The van der Waals surface area contributed by atoms with Crippen LogP contribution in [-0.2, 0) is 13.6 Å². The first-order chi connectivity index (χ1) is 16.5. The highest BCUT2D eigenvalue weighted by Gasteiger charge is 2.21. The largest absolute Gasteiger partial charge is 0.393 e. The molecule has 5 rings (SSSR count). The number of carbonyl (C=O) groups is 1. The minimum atomic E-state index is -0.257. The van der Waals surface area contributed by atoms with E-state index in [0.29, 0.717) is 35.9 Å². The third-order valence-corrected chi connectivity index (χ3v) is 6.52. The molecule has 8 nitrogen and oxygen atoms in total. The minimum Gasteiger partial charge on any atom is -0.393 e. The Balaban J connectivity index is 1.35. The number of nitrogens with zero attached hydrogens (tertiary/aromatic N) is 4. The number of hydrogen-bond donors (Lipinski definition) is 2. The molecule has 0 atom stereocenters. The van der Waals surface area contributed by atoms with Crippen molar-refractivity contribution < 1.29 is 9.90 Å². The molecule has 2 aromatic heterocycles. The Labute approximate surface area is 196 Å². The van der Waals surface area contributed by atoms with E-state index >= 15 is 0 Å². The summed E-state index contributed by atoms with van der Waals surface area (Å²) in [5, 5.41) is 17.5. The van der Waals surface area contributed by atoms with Gasteiger partial charge in [0, 0.05) is 30.4 Å². The predicted octanol–water partition coefficient (Wildman–Crippen LogP) is 2.88. The lowest BCUT2D eigenvalue weighted by Crippen LogP contribution is -2.38. The van der Waals surface area contributed by atoms with Crippen LogP contribution in [0.25, 0.3) is 22.2 Å². The molecule has 1 fully saturated rings. The molecule has 1 amide bonds. The van der Waals surface area contributed by atoms with Crippen molar-refractivity contribution in [3.05, 3.63) is 82.5 Å². The molecule has 2 N–H and O–H groups in total. The van der Waals surface area contributed by atoms with E-state index in [2.05, 4.69) is 15.4 Å². The number of aromatic nitrogens is 4. The lowest BCUT2D eigenvalue weighted by molar-refractivity contribution is 0.0867. The van der Waals surface area contributed by atoms with E-state index in [0.717, 1.165) is 29.7 Å². The number of rotatable bonds is 5. The van der Waals surface area contributed by atoms with Gasteiger partial charge in [0.25, 0.3) is 11.5 Å². The number of aliphatic hydroxyl groups is 1. The number of carbonyl (C=O) groups excluding carboxylic acids is 1. The van der Waals surface area contributed by atoms with Crippen LogP contribution in [0, 0.1) is 0 Å². The average molecular weight is 458 g/mol. The molecule has 8 heteroatoms. The van der Waals surface area contributed by atoms with Crippen LogP contribution in [0.4, 0.5) is 0 Å². The summed E-state index contributed by atoms with van der Waals surface area (Å²) in [5.41, 5.74) is 3.81. The van der Waals surface area contributed by atoms with E-state index < -0.39 is 0 Å². The highest BCUT2D eigenvalue weighted by Crippen LogP contribution is 2.22. The van der Waals surface area contributed by atoms with Gasteiger partial charge in [0.1, 0.15) is 0 Å². The lowest BCUT2D eigenvalue weighted by Gasteiger charge is -2.26. The van der Waals surface area contributed by atoms with E-state index in [1.165, 1.54) is 0 Å². The van der Waals surface area contributed by atoms with E-state index in [9.17, 15) is 14.7 Å². The fraction of sp³-hybridized carbons (Fsp3) is 0.308. The number of benzene rings is 2. The van der Waals surface area contributed by atoms with Crippen molar-refractivity contribution in [3.8, 4) is 11.3 Å². The summed E-state index contributed by atoms with van der Waals surface area (Å²) >= 11 is 0. The minimum absolute atomic E-state index is 0.0862. The third kappa shape index (κ3) is 4.49. The topological polar surface area (TPSA) is 102 Å². The fourth-order valence-corrected chi connectivity index (χ4v) is 4.58. The zero-order chi connectivity index (χ0) is 23.7. The molecule has 0 unspecified atom stereocenters. The molecule has 2 heterocycles. The molecule has 0 saturated heterocycles. The fourth-order valence-electron chi connectivity index (χ4n) is 4.58. The molecule has 174 valence electrons. The first-order valence-corrected chi connectivity index (χ1v) is 11.5. The van der Waals surface area contributed by atoms with Gasteiger partial charge in [-0.15, -0.1) is 0 Å². The van der Waals surface area contributed by atoms with Crippen LogP contribution >= 0.6 is 0 Å². The maximum Gasteiger partial charge on any atom is 0.261 e. The normalized spacial score (nSPS) is 18.2. The smallest absolute Gasteiger partial charge is 0.261 e. The molecule has 1 aliphatic carbocycles. The average Bonchev–Trinajstić information content (AvgIpc) is 3.28. The number of hydrogen-bond acceptors (Lipinski definition) is 5. The summed E-state index contributed by atoms with van der Waals surface area (Å²) in [6.07, 6.45) is 6.03. The number of aliphatic hydroxyl groups excluding tert-OH is 1. The van der Waals surface area contributed by atoms with Crippen molar-refractivity contribution in [1.29, 1.82) is 0 Å². The van der Waals surface area contributed by atoms with Crippen molar-refractivity contribution in [2.24, 2.45) is 7.05 Å². The predicted molar refractivity (Wildman–Crippen MR) is 129 cm³/mol. The van der Waals surface area contributed by atoms with Gasteiger partial charge in [0.15, 0.2) is 0 Å². The van der Waals surface area contributed by atoms with Crippen LogP contribution in [0.2, 0.25) is 0 Å². The highest BCUT2D eigenvalue weighted by atomic mass is 16.3. The summed E-state index contributed by atoms with van der Waals surface area (Å²) in [5.74, 6) is -0.130. The Kier molecular flexibility index (Phi) is 5.98. The number of amides is 1. The van der Waals surface area contributed by atoms with Gasteiger partial charge < -0.3 is 10.4 Å². The number of fused-ring (bicyclic) bond motifs is 1. The van der Waals surface area contributed by atoms with Gasteiger partial charge in [0.2, 0.25) is 0 Å². The summed E-state index contributed by atoms with van der Waals surface area (Å²) < 4.78 is 3.34. The lowest BCUT2D eigenvalue weighted by atomic mass is 9.93. The summed E-state index contributed by atoms with van der Waals surface area (Å²) in [6.45, 7) is 0.321. The molecule has 4 aromatic rings. The van der Waals surface area contributed by atoms with E-state index in [4.69, 9.17) is 0 Å².